The highest BCUT2D eigenvalue weighted by molar-refractivity contribution is 5.85. The molecule has 0 aliphatic heterocycles. The van der Waals surface area contributed by atoms with Crippen LogP contribution in [-0.2, 0) is 6.54 Å². The second-order valence-corrected chi connectivity index (χ2v) is 2.23. The Bertz CT molecular complexity index is 319. The van der Waals surface area contributed by atoms with Gasteiger partial charge in [-0.3, -0.25) is 10.1 Å². The Balaban J connectivity index is 0.00000144. The lowest BCUT2D eigenvalue weighted by molar-refractivity contribution is -0.385. The van der Waals surface area contributed by atoms with Crippen LogP contribution in [0.2, 0.25) is 0 Å². The summed E-state index contributed by atoms with van der Waals surface area (Å²) >= 11 is 0. The molecule has 0 spiro atoms. The van der Waals surface area contributed by atoms with Gasteiger partial charge in [0, 0.05) is 18.2 Å². The van der Waals surface area contributed by atoms with Crippen LogP contribution in [0.25, 0.3) is 0 Å². The third kappa shape index (κ3) is 2.64. The van der Waals surface area contributed by atoms with E-state index in [1.54, 1.807) is 0 Å². The van der Waals surface area contributed by atoms with E-state index >= 15 is 0 Å². The molecule has 0 radical (unpaired) electrons. The summed E-state index contributed by atoms with van der Waals surface area (Å²) in [4.78, 5) is 9.74. The summed E-state index contributed by atoms with van der Waals surface area (Å²) in [5.74, 6) is -0.513. The van der Waals surface area contributed by atoms with E-state index in [-0.39, 0.29) is 30.2 Å². The molecule has 0 bridgehead atoms. The quantitative estimate of drug-likeness (QED) is 0.591. The number of halogens is 2. The van der Waals surface area contributed by atoms with E-state index in [4.69, 9.17) is 5.73 Å². The van der Waals surface area contributed by atoms with E-state index in [2.05, 4.69) is 0 Å². The maximum absolute atomic E-state index is 12.5. The van der Waals surface area contributed by atoms with Gasteiger partial charge in [-0.25, -0.2) is 4.39 Å². The van der Waals surface area contributed by atoms with Gasteiger partial charge in [-0.2, -0.15) is 0 Å². The van der Waals surface area contributed by atoms with Gasteiger partial charge in [-0.1, -0.05) is 0 Å². The molecule has 0 saturated carbocycles. The van der Waals surface area contributed by atoms with Crippen molar-refractivity contribution in [1.82, 2.24) is 0 Å². The third-order valence-corrected chi connectivity index (χ3v) is 1.46. The van der Waals surface area contributed by atoms with Crippen molar-refractivity contribution in [2.75, 3.05) is 0 Å². The molecule has 0 aliphatic carbocycles. The highest BCUT2D eigenvalue weighted by Gasteiger charge is 2.11. The van der Waals surface area contributed by atoms with Crippen molar-refractivity contribution < 1.29 is 9.31 Å². The van der Waals surface area contributed by atoms with Crippen LogP contribution >= 0.6 is 12.4 Å². The molecule has 1 aromatic carbocycles. The number of nitro groups is 1. The fraction of sp³-hybridized carbons (Fsp3) is 0.143. The highest BCUT2D eigenvalue weighted by atomic mass is 35.5. The monoisotopic (exact) mass is 206 g/mol. The molecular formula is C7H8ClFN2O2. The predicted molar refractivity (Wildman–Crippen MR) is 48.2 cm³/mol. The summed E-state index contributed by atoms with van der Waals surface area (Å²) < 4.78 is 12.5. The second-order valence-electron chi connectivity index (χ2n) is 2.23. The molecule has 0 fully saturated rings. The number of hydrogen-bond donors (Lipinski definition) is 1. The number of nitrogens with two attached hydrogens (primary N) is 1. The maximum atomic E-state index is 12.5. The van der Waals surface area contributed by atoms with Crippen LogP contribution in [0.3, 0.4) is 0 Å². The van der Waals surface area contributed by atoms with Gasteiger partial charge in [-0.15, -0.1) is 12.4 Å². The van der Waals surface area contributed by atoms with Crippen LogP contribution in [-0.4, -0.2) is 4.92 Å². The van der Waals surface area contributed by atoms with E-state index < -0.39 is 10.7 Å². The lowest BCUT2D eigenvalue weighted by Gasteiger charge is -1.98. The zero-order valence-electron chi connectivity index (χ0n) is 6.57. The lowest BCUT2D eigenvalue weighted by Crippen LogP contribution is -2.02. The molecule has 72 valence electrons. The number of hydrogen-bond acceptors (Lipinski definition) is 3. The van der Waals surface area contributed by atoms with Crippen LogP contribution < -0.4 is 5.73 Å². The van der Waals surface area contributed by atoms with Gasteiger partial charge in [0.15, 0.2) is 0 Å². The topological polar surface area (TPSA) is 69.2 Å². The lowest BCUT2D eigenvalue weighted by atomic mass is 10.2. The number of nitrogens with zero attached hydrogens (tertiary/aromatic N) is 1. The summed E-state index contributed by atoms with van der Waals surface area (Å²) in [5, 5.41) is 10.3. The Hall–Kier alpha value is -1.20. The summed E-state index contributed by atoms with van der Waals surface area (Å²) in [6, 6.07) is 3.22. The average Bonchev–Trinajstić information content (AvgIpc) is 2.03. The van der Waals surface area contributed by atoms with Gasteiger partial charge in [0.1, 0.15) is 5.82 Å². The van der Waals surface area contributed by atoms with Gasteiger partial charge in [0.25, 0.3) is 5.69 Å². The fourth-order valence-corrected chi connectivity index (χ4v) is 0.896. The first-order chi connectivity index (χ1) is 5.65. The van der Waals surface area contributed by atoms with Crippen molar-refractivity contribution in [3.8, 4) is 0 Å². The standard InChI is InChI=1S/C7H7FN2O2.ClH/c8-6-1-2-7(10(11)12)5(3-6)4-9;/h1-3H,4,9H2;1H. The number of rotatable bonds is 2. The van der Waals surface area contributed by atoms with E-state index in [0.717, 1.165) is 18.2 Å². The predicted octanol–water partition coefficient (Wildman–Crippen LogP) is 1.61. The molecule has 6 heteroatoms. The smallest absolute Gasteiger partial charge is 0.274 e. The maximum Gasteiger partial charge on any atom is 0.274 e. The Labute approximate surface area is 80.1 Å². The van der Waals surface area contributed by atoms with Crippen molar-refractivity contribution in [2.45, 2.75) is 6.54 Å². The summed E-state index contributed by atoms with van der Waals surface area (Å²) in [6.07, 6.45) is 0. The van der Waals surface area contributed by atoms with E-state index in [0.29, 0.717) is 0 Å². The van der Waals surface area contributed by atoms with E-state index in [1.165, 1.54) is 0 Å². The minimum Gasteiger partial charge on any atom is -0.326 e. The third-order valence-electron chi connectivity index (χ3n) is 1.46. The fourth-order valence-electron chi connectivity index (χ4n) is 0.896. The molecule has 13 heavy (non-hydrogen) atoms. The summed E-state index contributed by atoms with van der Waals surface area (Å²) in [6.45, 7) is -0.0337. The Morgan fingerprint density at radius 1 is 1.54 bits per heavy atom. The Morgan fingerprint density at radius 2 is 2.15 bits per heavy atom. The molecule has 1 rings (SSSR count). The molecule has 2 N–H and O–H groups in total. The van der Waals surface area contributed by atoms with Gasteiger partial charge < -0.3 is 5.73 Å². The van der Waals surface area contributed by atoms with Crippen LogP contribution in [0, 0.1) is 15.9 Å². The first-order valence-electron chi connectivity index (χ1n) is 3.28. The number of nitro benzene ring substituents is 1. The van der Waals surface area contributed by atoms with Gasteiger partial charge in [0.2, 0.25) is 0 Å². The van der Waals surface area contributed by atoms with Gasteiger partial charge in [0.05, 0.1) is 4.92 Å². The SMILES string of the molecule is Cl.NCc1cc(F)ccc1[N+](=O)[O-]. The Morgan fingerprint density at radius 3 is 2.62 bits per heavy atom. The summed E-state index contributed by atoms with van der Waals surface area (Å²) in [7, 11) is 0. The van der Waals surface area contributed by atoms with Crippen LogP contribution in [0.4, 0.5) is 10.1 Å². The largest absolute Gasteiger partial charge is 0.326 e. The van der Waals surface area contributed by atoms with Gasteiger partial charge >= 0.3 is 0 Å². The number of benzene rings is 1. The van der Waals surface area contributed by atoms with Crippen molar-refractivity contribution in [3.05, 3.63) is 39.7 Å². The molecule has 4 nitrogen and oxygen atoms in total. The molecule has 0 saturated heterocycles. The van der Waals surface area contributed by atoms with Crippen molar-refractivity contribution in [1.29, 1.82) is 0 Å². The van der Waals surface area contributed by atoms with Crippen LogP contribution in [0.15, 0.2) is 18.2 Å². The van der Waals surface area contributed by atoms with E-state index in [9.17, 15) is 14.5 Å². The molecule has 0 unspecified atom stereocenters. The average molecular weight is 207 g/mol. The zero-order valence-corrected chi connectivity index (χ0v) is 7.38. The highest BCUT2D eigenvalue weighted by Crippen LogP contribution is 2.18. The summed E-state index contributed by atoms with van der Waals surface area (Å²) in [5.41, 5.74) is 5.25. The minimum absolute atomic E-state index is 0. The van der Waals surface area contributed by atoms with Crippen LogP contribution in [0.5, 0.6) is 0 Å². The van der Waals surface area contributed by atoms with Gasteiger partial charge in [-0.05, 0) is 12.1 Å². The normalized spacial score (nSPS) is 9.08. The van der Waals surface area contributed by atoms with E-state index in [1.807, 2.05) is 0 Å². The van der Waals surface area contributed by atoms with Crippen LogP contribution in [0.1, 0.15) is 5.56 Å². The molecule has 1 aromatic rings. The first kappa shape index (κ1) is 11.8. The molecule has 0 aromatic heterocycles. The second kappa shape index (κ2) is 4.74. The Kier molecular flexibility index (Phi) is 4.30. The molecule has 0 atom stereocenters. The zero-order chi connectivity index (χ0) is 9.14. The minimum atomic E-state index is -0.582. The van der Waals surface area contributed by atoms with Crippen molar-refractivity contribution >= 4 is 18.1 Å². The molecule has 0 heterocycles. The van der Waals surface area contributed by atoms with Crippen molar-refractivity contribution in [2.24, 2.45) is 5.73 Å². The molecule has 0 amide bonds. The first-order valence-corrected chi connectivity index (χ1v) is 3.28. The molecular weight excluding hydrogens is 199 g/mol. The van der Waals surface area contributed by atoms with Crippen molar-refractivity contribution in [3.63, 3.8) is 0 Å². The molecule has 0 aliphatic rings.